The van der Waals surface area contributed by atoms with E-state index < -0.39 is 29.2 Å². The van der Waals surface area contributed by atoms with Crippen LogP contribution in [0.25, 0.3) is 0 Å². The van der Waals surface area contributed by atoms with Crippen LogP contribution in [-0.4, -0.2) is 40.2 Å². The highest BCUT2D eigenvalue weighted by atomic mass is 16.2. The molecule has 3 atom stereocenters. The molecular weight excluding hydrogens is 376 g/mol. The van der Waals surface area contributed by atoms with Crippen LogP contribution < -0.4 is 21.9 Å². The largest absolute Gasteiger partial charge is 0.356 e. The monoisotopic (exact) mass is 398 g/mol. The van der Waals surface area contributed by atoms with Crippen molar-refractivity contribution >= 4 is 18.1 Å². The number of aldehydes is 1. The summed E-state index contributed by atoms with van der Waals surface area (Å²) in [6.45, 7) is 0.548. The Labute approximate surface area is 166 Å². The number of hydrogen-bond acceptors (Lipinski definition) is 5. The first-order valence-electron chi connectivity index (χ1n) is 9.36. The van der Waals surface area contributed by atoms with Gasteiger partial charge in [0.25, 0.3) is 5.56 Å². The number of carbonyl (C=O) groups excluding carboxylic acids is 3. The Morgan fingerprint density at radius 2 is 1.97 bits per heavy atom. The van der Waals surface area contributed by atoms with Crippen molar-refractivity contribution < 1.29 is 14.4 Å². The minimum absolute atomic E-state index is 0.135. The maximum absolute atomic E-state index is 13.0. The Morgan fingerprint density at radius 3 is 2.59 bits per heavy atom. The SMILES string of the molecule is O=C[C@H](C[C@@H]1CCNC1=O)NC(=O)[C@H](Cc1ccccc1)n1ccc(=O)[nH]c1=O. The molecule has 9 heteroatoms. The van der Waals surface area contributed by atoms with Crippen LogP contribution in [0, 0.1) is 5.92 Å². The van der Waals surface area contributed by atoms with Gasteiger partial charge in [0, 0.05) is 31.1 Å². The number of amides is 2. The van der Waals surface area contributed by atoms with Gasteiger partial charge < -0.3 is 15.4 Å². The normalized spacial score (nSPS) is 17.9. The minimum atomic E-state index is -0.971. The van der Waals surface area contributed by atoms with E-state index in [0.717, 1.165) is 16.2 Å². The molecule has 2 heterocycles. The highest BCUT2D eigenvalue weighted by molar-refractivity contribution is 5.84. The number of H-pyrrole nitrogens is 1. The lowest BCUT2D eigenvalue weighted by molar-refractivity contribution is -0.128. The lowest BCUT2D eigenvalue weighted by Crippen LogP contribution is -2.45. The number of hydrogen-bond donors (Lipinski definition) is 3. The second-order valence-corrected chi connectivity index (χ2v) is 6.99. The van der Waals surface area contributed by atoms with Gasteiger partial charge in [-0.25, -0.2) is 4.79 Å². The molecule has 3 N–H and O–H groups in total. The van der Waals surface area contributed by atoms with E-state index >= 15 is 0 Å². The summed E-state index contributed by atoms with van der Waals surface area (Å²) in [5.41, 5.74) is -0.474. The topological polar surface area (TPSA) is 130 Å². The maximum Gasteiger partial charge on any atom is 0.329 e. The summed E-state index contributed by atoms with van der Waals surface area (Å²) in [7, 11) is 0. The van der Waals surface area contributed by atoms with Gasteiger partial charge in [0.1, 0.15) is 12.3 Å². The van der Waals surface area contributed by atoms with Gasteiger partial charge in [-0.05, 0) is 18.4 Å². The van der Waals surface area contributed by atoms with Crippen molar-refractivity contribution in [3.05, 3.63) is 69.0 Å². The van der Waals surface area contributed by atoms with Gasteiger partial charge in [0.2, 0.25) is 11.8 Å². The molecule has 29 heavy (non-hydrogen) atoms. The quantitative estimate of drug-likeness (QED) is 0.518. The molecule has 0 aliphatic carbocycles. The third-order valence-electron chi connectivity index (χ3n) is 4.95. The van der Waals surface area contributed by atoms with E-state index in [1.807, 2.05) is 30.3 Å². The van der Waals surface area contributed by atoms with Crippen LogP contribution in [0.3, 0.4) is 0 Å². The lowest BCUT2D eigenvalue weighted by Gasteiger charge is -2.22. The Balaban J connectivity index is 1.83. The van der Waals surface area contributed by atoms with Crippen LogP contribution in [0.15, 0.2) is 52.2 Å². The van der Waals surface area contributed by atoms with Crippen LogP contribution in [0.1, 0.15) is 24.4 Å². The molecule has 9 nitrogen and oxygen atoms in total. The summed E-state index contributed by atoms with van der Waals surface area (Å²) < 4.78 is 1.13. The van der Waals surface area contributed by atoms with Crippen LogP contribution in [0.2, 0.25) is 0 Å². The molecule has 0 unspecified atom stereocenters. The van der Waals surface area contributed by atoms with Gasteiger partial charge in [-0.2, -0.15) is 0 Å². The molecule has 1 fully saturated rings. The first kappa shape index (κ1) is 20.2. The molecule has 1 saturated heterocycles. The predicted molar refractivity (Wildman–Crippen MR) is 104 cm³/mol. The summed E-state index contributed by atoms with van der Waals surface area (Å²) in [5, 5.41) is 5.34. The summed E-state index contributed by atoms with van der Waals surface area (Å²) in [5.74, 6) is -1.02. The van der Waals surface area contributed by atoms with Gasteiger partial charge in [0.15, 0.2) is 0 Å². The molecule has 1 aromatic heterocycles. The Bertz CT molecular complexity index is 998. The van der Waals surface area contributed by atoms with Crippen molar-refractivity contribution in [2.75, 3.05) is 6.54 Å². The Hall–Kier alpha value is -3.49. The predicted octanol–water partition coefficient (Wildman–Crippen LogP) is -0.470. The zero-order valence-corrected chi connectivity index (χ0v) is 15.7. The molecule has 0 radical (unpaired) electrons. The van der Waals surface area contributed by atoms with E-state index in [4.69, 9.17) is 0 Å². The molecule has 0 bridgehead atoms. The molecule has 3 rings (SSSR count). The molecule has 152 valence electrons. The Morgan fingerprint density at radius 1 is 1.21 bits per heavy atom. The van der Waals surface area contributed by atoms with Crippen LogP contribution in [0.4, 0.5) is 0 Å². The second kappa shape index (κ2) is 9.13. The van der Waals surface area contributed by atoms with Crippen molar-refractivity contribution in [1.29, 1.82) is 0 Å². The first-order chi connectivity index (χ1) is 14.0. The number of nitrogens with one attached hydrogen (secondary N) is 3. The summed E-state index contributed by atoms with van der Waals surface area (Å²) in [6, 6.07) is 8.43. The fourth-order valence-corrected chi connectivity index (χ4v) is 3.43. The van der Waals surface area contributed by atoms with Crippen LogP contribution >= 0.6 is 0 Å². The van der Waals surface area contributed by atoms with Gasteiger partial charge in [-0.1, -0.05) is 30.3 Å². The van der Waals surface area contributed by atoms with E-state index in [-0.39, 0.29) is 24.7 Å². The summed E-state index contributed by atoms with van der Waals surface area (Å²) in [4.78, 5) is 62.0. The van der Waals surface area contributed by atoms with Crippen LogP contribution in [0.5, 0.6) is 0 Å². The van der Waals surface area contributed by atoms with E-state index in [1.54, 1.807) is 0 Å². The molecule has 2 amide bonds. The summed E-state index contributed by atoms with van der Waals surface area (Å²) >= 11 is 0. The van der Waals surface area contributed by atoms with Crippen molar-refractivity contribution in [1.82, 2.24) is 20.2 Å². The average Bonchev–Trinajstić information content (AvgIpc) is 3.11. The third kappa shape index (κ3) is 5.07. The van der Waals surface area contributed by atoms with Crippen molar-refractivity contribution in [3.63, 3.8) is 0 Å². The second-order valence-electron chi connectivity index (χ2n) is 6.99. The average molecular weight is 398 g/mol. The van der Waals surface area contributed by atoms with E-state index in [1.165, 1.54) is 6.20 Å². The first-order valence-corrected chi connectivity index (χ1v) is 9.36. The zero-order chi connectivity index (χ0) is 20.8. The lowest BCUT2D eigenvalue weighted by atomic mass is 9.98. The number of aromatic nitrogens is 2. The number of benzene rings is 1. The maximum atomic E-state index is 13.0. The molecule has 1 aromatic carbocycles. The van der Waals surface area contributed by atoms with E-state index in [0.29, 0.717) is 19.3 Å². The van der Waals surface area contributed by atoms with Crippen molar-refractivity contribution in [3.8, 4) is 0 Å². The van der Waals surface area contributed by atoms with Crippen molar-refractivity contribution in [2.24, 2.45) is 5.92 Å². The number of carbonyl (C=O) groups is 3. The zero-order valence-electron chi connectivity index (χ0n) is 15.7. The molecule has 1 aliphatic rings. The highest BCUT2D eigenvalue weighted by Gasteiger charge is 2.30. The van der Waals surface area contributed by atoms with Gasteiger partial charge in [-0.3, -0.25) is 23.9 Å². The third-order valence-corrected chi connectivity index (χ3v) is 4.95. The molecule has 0 saturated carbocycles. The molecule has 2 aromatic rings. The van der Waals surface area contributed by atoms with Gasteiger partial charge in [0.05, 0.1) is 6.04 Å². The number of rotatable bonds is 8. The fraction of sp³-hybridized carbons (Fsp3) is 0.350. The minimum Gasteiger partial charge on any atom is -0.356 e. The molecular formula is C20H22N4O5. The summed E-state index contributed by atoms with van der Waals surface area (Å²) in [6.07, 6.45) is 2.84. The fourth-order valence-electron chi connectivity index (χ4n) is 3.43. The molecule has 1 aliphatic heterocycles. The number of aromatic amines is 1. The van der Waals surface area contributed by atoms with Gasteiger partial charge >= 0.3 is 5.69 Å². The van der Waals surface area contributed by atoms with Gasteiger partial charge in [-0.15, -0.1) is 0 Å². The number of nitrogens with zero attached hydrogens (tertiary/aromatic N) is 1. The van der Waals surface area contributed by atoms with Crippen molar-refractivity contribution in [2.45, 2.75) is 31.3 Å². The van der Waals surface area contributed by atoms with E-state index in [9.17, 15) is 24.0 Å². The molecule has 0 spiro atoms. The Kier molecular flexibility index (Phi) is 6.38. The van der Waals surface area contributed by atoms with E-state index in [2.05, 4.69) is 15.6 Å². The van der Waals surface area contributed by atoms with Crippen LogP contribution in [-0.2, 0) is 20.8 Å². The smallest absolute Gasteiger partial charge is 0.329 e. The highest BCUT2D eigenvalue weighted by Crippen LogP contribution is 2.17. The standard InChI is InChI=1S/C20H22N4O5/c25-12-15(11-14-6-8-21-18(14)27)22-19(28)16(10-13-4-2-1-3-5-13)24-9-7-17(26)23-20(24)29/h1-5,7,9,12,14-16H,6,8,10-11H2,(H,21,27)(H,22,28)(H,23,26,29)/t14-,15-,16-/m0/s1.